The van der Waals surface area contributed by atoms with E-state index in [4.69, 9.17) is 9.41 Å². The maximum absolute atomic E-state index is 12.7. The van der Waals surface area contributed by atoms with Crippen molar-refractivity contribution in [2.24, 2.45) is 4.99 Å². The SMILES string of the molecule is CCNC(=NCCCNC(=O)c1occc1C)N1CCN(C(C)C(=O)N2CCCC2)CC1. The number of aliphatic imine (C=N–C) groups is 1. The standard InChI is InChI=1S/C23H38N6O3/c1-4-24-23(26-10-7-9-25-21(30)20-18(2)8-17-32-20)29-15-13-27(14-16-29)19(3)22(31)28-11-5-6-12-28/h8,17,19H,4-7,9-16H2,1-3H3,(H,24,26)(H,25,30). The van der Waals surface area contributed by atoms with Crippen LogP contribution in [-0.4, -0.2) is 97.4 Å². The fraction of sp³-hybridized carbons (Fsp3) is 0.696. The van der Waals surface area contributed by atoms with Gasteiger partial charge in [0.05, 0.1) is 12.3 Å². The summed E-state index contributed by atoms with van der Waals surface area (Å²) in [5, 5.41) is 6.26. The summed E-state index contributed by atoms with van der Waals surface area (Å²) in [5.74, 6) is 1.36. The maximum atomic E-state index is 12.7. The van der Waals surface area contributed by atoms with E-state index in [1.165, 1.54) is 6.26 Å². The molecule has 1 aromatic heterocycles. The lowest BCUT2D eigenvalue weighted by molar-refractivity contribution is -0.135. The molecule has 32 heavy (non-hydrogen) atoms. The minimum atomic E-state index is -0.183. The molecule has 0 spiro atoms. The van der Waals surface area contributed by atoms with Crippen LogP contribution in [0.3, 0.4) is 0 Å². The molecule has 2 saturated heterocycles. The number of likely N-dealkylation sites (tertiary alicyclic amines) is 1. The molecule has 0 saturated carbocycles. The summed E-state index contributed by atoms with van der Waals surface area (Å²) in [6, 6.07) is 1.72. The van der Waals surface area contributed by atoms with Gasteiger partial charge in [-0.1, -0.05) is 0 Å². The Morgan fingerprint density at radius 2 is 1.81 bits per heavy atom. The highest BCUT2D eigenvalue weighted by Crippen LogP contribution is 2.14. The molecule has 9 nitrogen and oxygen atoms in total. The Hall–Kier alpha value is -2.55. The van der Waals surface area contributed by atoms with E-state index in [0.717, 1.165) is 76.6 Å². The molecule has 1 unspecified atom stereocenters. The highest BCUT2D eigenvalue weighted by atomic mass is 16.3. The van der Waals surface area contributed by atoms with Crippen molar-refractivity contribution in [1.82, 2.24) is 25.3 Å². The van der Waals surface area contributed by atoms with Gasteiger partial charge in [-0.2, -0.15) is 0 Å². The third kappa shape index (κ3) is 6.25. The smallest absolute Gasteiger partial charge is 0.287 e. The van der Waals surface area contributed by atoms with E-state index >= 15 is 0 Å². The summed E-state index contributed by atoms with van der Waals surface area (Å²) in [7, 11) is 0. The lowest BCUT2D eigenvalue weighted by Gasteiger charge is -2.39. The van der Waals surface area contributed by atoms with Gasteiger partial charge >= 0.3 is 0 Å². The fourth-order valence-corrected chi connectivity index (χ4v) is 4.26. The first-order chi connectivity index (χ1) is 15.5. The van der Waals surface area contributed by atoms with Gasteiger partial charge in [-0.3, -0.25) is 19.5 Å². The molecule has 2 aliphatic heterocycles. The third-order valence-electron chi connectivity index (χ3n) is 6.22. The molecular formula is C23H38N6O3. The van der Waals surface area contributed by atoms with Crippen LogP contribution in [0.4, 0.5) is 0 Å². The van der Waals surface area contributed by atoms with Crippen molar-refractivity contribution in [2.75, 3.05) is 58.9 Å². The first kappa shape index (κ1) is 24.1. The molecule has 1 aromatic rings. The van der Waals surface area contributed by atoms with E-state index in [0.29, 0.717) is 18.8 Å². The summed E-state index contributed by atoms with van der Waals surface area (Å²) in [5.41, 5.74) is 0.838. The van der Waals surface area contributed by atoms with Gasteiger partial charge in [0.2, 0.25) is 5.91 Å². The van der Waals surface area contributed by atoms with Crippen LogP contribution < -0.4 is 10.6 Å². The van der Waals surface area contributed by atoms with Crippen molar-refractivity contribution >= 4 is 17.8 Å². The zero-order chi connectivity index (χ0) is 22.9. The lowest BCUT2D eigenvalue weighted by Crippen LogP contribution is -2.57. The number of guanidine groups is 1. The van der Waals surface area contributed by atoms with E-state index in [1.807, 2.05) is 18.7 Å². The summed E-state index contributed by atoms with van der Waals surface area (Å²) in [6.07, 6.45) is 4.53. The average Bonchev–Trinajstić information content (AvgIpc) is 3.49. The summed E-state index contributed by atoms with van der Waals surface area (Å²) >= 11 is 0. The minimum Gasteiger partial charge on any atom is -0.459 e. The van der Waals surface area contributed by atoms with Crippen LogP contribution in [0.1, 0.15) is 49.2 Å². The van der Waals surface area contributed by atoms with Gasteiger partial charge in [0.25, 0.3) is 5.91 Å². The summed E-state index contributed by atoms with van der Waals surface area (Å²) < 4.78 is 5.22. The molecule has 2 fully saturated rings. The van der Waals surface area contributed by atoms with Crippen molar-refractivity contribution in [1.29, 1.82) is 0 Å². The van der Waals surface area contributed by atoms with Crippen molar-refractivity contribution in [3.8, 4) is 0 Å². The second-order valence-electron chi connectivity index (χ2n) is 8.51. The highest BCUT2D eigenvalue weighted by Gasteiger charge is 2.30. The second-order valence-corrected chi connectivity index (χ2v) is 8.51. The lowest BCUT2D eigenvalue weighted by atomic mass is 10.2. The zero-order valence-electron chi connectivity index (χ0n) is 19.7. The molecule has 3 heterocycles. The molecule has 2 aliphatic rings. The molecule has 0 aliphatic carbocycles. The van der Waals surface area contributed by atoms with Crippen LogP contribution in [-0.2, 0) is 4.79 Å². The van der Waals surface area contributed by atoms with E-state index in [-0.39, 0.29) is 17.9 Å². The topological polar surface area (TPSA) is 93.4 Å². The number of nitrogens with one attached hydrogen (secondary N) is 2. The number of amides is 2. The molecule has 2 amide bonds. The van der Waals surface area contributed by atoms with Crippen molar-refractivity contribution in [2.45, 2.75) is 46.1 Å². The normalized spacial score (nSPS) is 18.7. The number of carbonyl (C=O) groups is 2. The Balaban J connectivity index is 1.42. The van der Waals surface area contributed by atoms with Gasteiger partial charge in [0, 0.05) is 64.5 Å². The number of piperazine rings is 1. The maximum Gasteiger partial charge on any atom is 0.287 e. The van der Waals surface area contributed by atoms with Crippen LogP contribution >= 0.6 is 0 Å². The number of hydrogen-bond acceptors (Lipinski definition) is 5. The van der Waals surface area contributed by atoms with Crippen LogP contribution in [0.2, 0.25) is 0 Å². The average molecular weight is 447 g/mol. The van der Waals surface area contributed by atoms with Crippen molar-refractivity contribution in [3.63, 3.8) is 0 Å². The molecule has 9 heteroatoms. The van der Waals surface area contributed by atoms with Gasteiger partial charge in [-0.05, 0) is 46.1 Å². The third-order valence-corrected chi connectivity index (χ3v) is 6.22. The van der Waals surface area contributed by atoms with Crippen LogP contribution in [0, 0.1) is 6.92 Å². The van der Waals surface area contributed by atoms with E-state index in [9.17, 15) is 9.59 Å². The first-order valence-electron chi connectivity index (χ1n) is 11.9. The fourth-order valence-electron chi connectivity index (χ4n) is 4.26. The number of rotatable bonds is 8. The van der Waals surface area contributed by atoms with Gasteiger partial charge in [0.1, 0.15) is 0 Å². The zero-order valence-corrected chi connectivity index (χ0v) is 19.7. The number of nitrogens with zero attached hydrogens (tertiary/aromatic N) is 4. The van der Waals surface area contributed by atoms with E-state index < -0.39 is 0 Å². The van der Waals surface area contributed by atoms with Crippen molar-refractivity contribution < 1.29 is 14.0 Å². The number of hydrogen-bond donors (Lipinski definition) is 2. The Morgan fingerprint density at radius 1 is 1.09 bits per heavy atom. The van der Waals surface area contributed by atoms with E-state index in [2.05, 4.69) is 27.4 Å². The highest BCUT2D eigenvalue weighted by molar-refractivity contribution is 5.92. The van der Waals surface area contributed by atoms with E-state index in [1.54, 1.807) is 6.07 Å². The molecule has 3 rings (SSSR count). The van der Waals surface area contributed by atoms with Crippen LogP contribution in [0.5, 0.6) is 0 Å². The van der Waals surface area contributed by atoms with Gasteiger partial charge in [-0.25, -0.2) is 0 Å². The Bertz CT molecular complexity index is 778. The van der Waals surface area contributed by atoms with Gasteiger partial charge in [0.15, 0.2) is 11.7 Å². The monoisotopic (exact) mass is 446 g/mol. The predicted octanol–water partition coefficient (Wildman–Crippen LogP) is 1.30. The summed E-state index contributed by atoms with van der Waals surface area (Å²) in [4.78, 5) is 36.1. The first-order valence-corrected chi connectivity index (χ1v) is 11.9. The van der Waals surface area contributed by atoms with Crippen LogP contribution in [0.25, 0.3) is 0 Å². The molecule has 0 aromatic carbocycles. The Labute approximate surface area is 191 Å². The van der Waals surface area contributed by atoms with Crippen molar-refractivity contribution in [3.05, 3.63) is 23.7 Å². The molecule has 0 radical (unpaired) electrons. The van der Waals surface area contributed by atoms with Crippen LogP contribution in [0.15, 0.2) is 21.7 Å². The predicted molar refractivity (Wildman–Crippen MR) is 125 cm³/mol. The number of aryl methyl sites for hydroxylation is 1. The van der Waals surface area contributed by atoms with Gasteiger partial charge in [-0.15, -0.1) is 0 Å². The number of furan rings is 1. The van der Waals surface area contributed by atoms with Gasteiger partial charge < -0.3 is 24.9 Å². The molecule has 0 bridgehead atoms. The molecule has 1 atom stereocenters. The quantitative estimate of drug-likeness (QED) is 0.355. The number of carbonyl (C=O) groups excluding carboxylic acids is 2. The molecule has 2 N–H and O–H groups in total. The molecule has 178 valence electrons. The Morgan fingerprint density at radius 3 is 2.44 bits per heavy atom. The second kappa shape index (κ2) is 11.9. The Kier molecular flexibility index (Phi) is 8.96. The molecular weight excluding hydrogens is 408 g/mol. The summed E-state index contributed by atoms with van der Waals surface area (Å²) in [6.45, 7) is 13.1. The largest absolute Gasteiger partial charge is 0.459 e. The minimum absolute atomic E-state index is 0.0591.